The van der Waals surface area contributed by atoms with Crippen molar-refractivity contribution in [1.29, 1.82) is 0 Å². The van der Waals surface area contributed by atoms with E-state index >= 15 is 0 Å². The van der Waals surface area contributed by atoms with Crippen molar-refractivity contribution in [3.05, 3.63) is 89.3 Å². The Labute approximate surface area is 231 Å². The van der Waals surface area contributed by atoms with Crippen molar-refractivity contribution in [3.63, 3.8) is 0 Å². The molecular weight excluding hydrogens is 516 g/mol. The second-order valence-electron chi connectivity index (χ2n) is 10.0. The molecule has 8 nitrogen and oxygen atoms in total. The van der Waals surface area contributed by atoms with E-state index in [0.29, 0.717) is 38.0 Å². The Balaban J connectivity index is 1.14. The van der Waals surface area contributed by atoms with E-state index in [1.807, 2.05) is 60.5 Å². The maximum atomic E-state index is 13.8. The Kier molecular flexibility index (Phi) is 6.66. The number of amidine groups is 1. The van der Waals surface area contributed by atoms with Crippen LogP contribution in [0.5, 0.6) is 11.5 Å². The number of fused-ring (bicyclic) bond motifs is 4. The molecule has 3 heterocycles. The summed E-state index contributed by atoms with van der Waals surface area (Å²) in [4.78, 5) is 22.2. The van der Waals surface area contributed by atoms with Crippen LogP contribution in [-0.2, 0) is 16.1 Å². The van der Waals surface area contributed by atoms with E-state index in [1.54, 1.807) is 23.1 Å². The number of amides is 1. The number of ether oxygens (including phenoxy) is 1. The van der Waals surface area contributed by atoms with Crippen LogP contribution < -0.4 is 10.2 Å². The number of anilines is 1. The number of alkyl halides is 1. The highest BCUT2D eigenvalue weighted by Gasteiger charge is 2.40. The topological polar surface area (TPSA) is 97.6 Å². The van der Waals surface area contributed by atoms with E-state index in [2.05, 4.69) is 5.32 Å². The van der Waals surface area contributed by atoms with Crippen LogP contribution in [0.3, 0.4) is 0 Å². The number of allylic oxidation sites excluding steroid dienone is 1. The van der Waals surface area contributed by atoms with E-state index in [0.717, 1.165) is 39.0 Å². The van der Waals surface area contributed by atoms with Crippen LogP contribution >= 0.6 is 11.6 Å². The number of nitrogens with zero attached hydrogens (tertiary/aromatic N) is 3. The average Bonchev–Trinajstić information content (AvgIpc) is 3.53. The Morgan fingerprint density at radius 1 is 1.15 bits per heavy atom. The largest absolute Gasteiger partial charge is 0.508 e. The van der Waals surface area contributed by atoms with Crippen LogP contribution in [0, 0.1) is 6.92 Å². The quantitative estimate of drug-likeness (QED) is 0.230. The fourth-order valence-corrected chi connectivity index (χ4v) is 5.79. The van der Waals surface area contributed by atoms with Crippen LogP contribution in [0.4, 0.5) is 5.69 Å². The lowest BCUT2D eigenvalue weighted by Crippen LogP contribution is -2.40. The summed E-state index contributed by atoms with van der Waals surface area (Å²) in [5, 5.41) is 25.2. The van der Waals surface area contributed by atoms with Crippen molar-refractivity contribution in [1.82, 2.24) is 10.2 Å². The summed E-state index contributed by atoms with van der Waals surface area (Å²) >= 11 is 6.39. The van der Waals surface area contributed by atoms with Gasteiger partial charge in [0.25, 0.3) is 5.91 Å². The van der Waals surface area contributed by atoms with Crippen molar-refractivity contribution < 1.29 is 19.7 Å². The van der Waals surface area contributed by atoms with Crippen LogP contribution in [0.25, 0.3) is 10.8 Å². The van der Waals surface area contributed by atoms with E-state index in [9.17, 15) is 15.0 Å². The maximum absolute atomic E-state index is 13.8. The molecule has 6 rings (SSSR count). The van der Waals surface area contributed by atoms with Gasteiger partial charge in [-0.2, -0.15) is 0 Å². The number of hydrogen-bond donors (Lipinski definition) is 3. The molecule has 3 N–H and O–H groups in total. The average molecular weight is 545 g/mol. The highest BCUT2D eigenvalue weighted by Crippen LogP contribution is 2.46. The van der Waals surface area contributed by atoms with Crippen molar-refractivity contribution in [3.8, 4) is 11.5 Å². The normalized spacial score (nSPS) is 19.6. The summed E-state index contributed by atoms with van der Waals surface area (Å²) in [5.41, 5.74) is 4.60. The molecule has 0 radical (unpaired) electrons. The first-order valence-electron chi connectivity index (χ1n) is 12.9. The summed E-state index contributed by atoms with van der Waals surface area (Å²) in [6, 6.07) is 13.9. The number of phenolic OH excluding ortho intramolecular Hbond substituents is 2. The molecule has 0 saturated carbocycles. The van der Waals surface area contributed by atoms with Gasteiger partial charge in [-0.25, -0.2) is 0 Å². The number of aliphatic imine (C=N–C) groups is 1. The van der Waals surface area contributed by atoms with Crippen LogP contribution in [-0.4, -0.2) is 58.6 Å². The molecule has 1 amide bonds. The second kappa shape index (κ2) is 10.3. The summed E-state index contributed by atoms with van der Waals surface area (Å²) in [7, 11) is 0. The van der Waals surface area contributed by atoms with Crippen molar-refractivity contribution in [2.24, 2.45) is 4.99 Å². The van der Waals surface area contributed by atoms with E-state index in [-0.39, 0.29) is 23.3 Å². The Morgan fingerprint density at radius 3 is 2.77 bits per heavy atom. The molecule has 3 aromatic carbocycles. The maximum Gasteiger partial charge on any atom is 0.253 e. The van der Waals surface area contributed by atoms with Gasteiger partial charge in [0.15, 0.2) is 0 Å². The van der Waals surface area contributed by atoms with E-state index in [1.165, 1.54) is 0 Å². The highest BCUT2D eigenvalue weighted by atomic mass is 35.5. The molecule has 0 fully saturated rings. The number of aryl methyl sites for hydroxylation is 1. The minimum Gasteiger partial charge on any atom is -0.508 e. The van der Waals surface area contributed by atoms with Gasteiger partial charge in [0.05, 0.1) is 24.5 Å². The first kappa shape index (κ1) is 25.3. The van der Waals surface area contributed by atoms with Crippen molar-refractivity contribution in [2.45, 2.75) is 25.5 Å². The number of nitrogens with one attached hydrogen (secondary N) is 1. The standard InChI is InChI=1S/C30H29ClN4O4/c1-18-3-2-4-23-26(37)11-25-29(28(18)23)20(12-31)13-35(25)30(38)24-15-34-14-21(7-10-27(34)33-24)32-17-39-16-19-5-8-22(36)9-6-19/h2-11,14,20,24,32,36-37H,12-13,15-17H2,1H3/t20-,24?/m1/s1. The van der Waals surface area contributed by atoms with Crippen molar-refractivity contribution in [2.75, 3.05) is 30.6 Å². The first-order valence-corrected chi connectivity index (χ1v) is 13.4. The molecule has 1 unspecified atom stereocenters. The lowest BCUT2D eigenvalue weighted by Gasteiger charge is -2.23. The van der Waals surface area contributed by atoms with Gasteiger partial charge in [0.1, 0.15) is 30.1 Å². The number of aromatic hydroxyl groups is 2. The minimum absolute atomic E-state index is 0.0244. The molecule has 0 bridgehead atoms. The fraction of sp³-hybridized carbons (Fsp3) is 0.267. The van der Waals surface area contributed by atoms with Crippen LogP contribution in [0.2, 0.25) is 0 Å². The second-order valence-corrected chi connectivity index (χ2v) is 10.3. The lowest BCUT2D eigenvalue weighted by atomic mass is 9.92. The molecular formula is C30H29ClN4O4. The Hall–Kier alpha value is -4.01. The zero-order chi connectivity index (χ0) is 27.1. The number of halogens is 1. The number of phenols is 2. The molecule has 3 aromatic rings. The van der Waals surface area contributed by atoms with Crippen LogP contribution in [0.1, 0.15) is 22.6 Å². The fourth-order valence-electron chi connectivity index (χ4n) is 5.53. The Morgan fingerprint density at radius 2 is 1.97 bits per heavy atom. The molecule has 9 heteroatoms. The van der Waals surface area contributed by atoms with Gasteiger partial charge in [0, 0.05) is 36.0 Å². The van der Waals surface area contributed by atoms with Gasteiger partial charge >= 0.3 is 0 Å². The zero-order valence-electron chi connectivity index (χ0n) is 21.5. The third-order valence-electron chi connectivity index (χ3n) is 7.45. The Bertz CT molecular complexity index is 1530. The van der Waals surface area contributed by atoms with Gasteiger partial charge < -0.3 is 30.1 Å². The first-order chi connectivity index (χ1) is 18.9. The molecule has 3 aliphatic rings. The monoisotopic (exact) mass is 544 g/mol. The molecule has 0 spiro atoms. The predicted octanol–water partition coefficient (Wildman–Crippen LogP) is 4.49. The molecule has 200 valence electrons. The third-order valence-corrected chi connectivity index (χ3v) is 7.82. The summed E-state index contributed by atoms with van der Waals surface area (Å²) in [6.07, 6.45) is 5.73. The van der Waals surface area contributed by atoms with E-state index in [4.69, 9.17) is 21.3 Å². The van der Waals surface area contributed by atoms with Gasteiger partial charge in [-0.1, -0.05) is 30.3 Å². The van der Waals surface area contributed by atoms with Crippen molar-refractivity contribution >= 4 is 39.8 Å². The number of benzene rings is 3. The number of hydrogen-bond acceptors (Lipinski definition) is 7. The lowest BCUT2D eigenvalue weighted by molar-refractivity contribution is -0.119. The van der Waals surface area contributed by atoms with Gasteiger partial charge in [-0.3, -0.25) is 9.79 Å². The smallest absolute Gasteiger partial charge is 0.253 e. The summed E-state index contributed by atoms with van der Waals surface area (Å²) in [5.74, 6) is 1.37. The molecule has 39 heavy (non-hydrogen) atoms. The molecule has 3 aliphatic heterocycles. The zero-order valence-corrected chi connectivity index (χ0v) is 22.2. The number of carbonyl (C=O) groups is 1. The highest BCUT2D eigenvalue weighted by molar-refractivity contribution is 6.19. The SMILES string of the molecule is Cc1cccc2c(O)cc3c(c12)[C@H](CCl)CN3C(=O)C1CN2C=C(NCOCc3ccc(O)cc3)C=CC2=N1. The molecule has 0 saturated heterocycles. The minimum atomic E-state index is -0.567. The number of carbonyl (C=O) groups excluding carboxylic acids is 1. The number of rotatable bonds is 7. The molecule has 0 aliphatic carbocycles. The summed E-state index contributed by atoms with van der Waals surface area (Å²) in [6.45, 7) is 3.63. The van der Waals surface area contributed by atoms with Gasteiger partial charge in [-0.15, -0.1) is 11.6 Å². The van der Waals surface area contributed by atoms with Gasteiger partial charge in [-0.05, 0) is 53.3 Å². The van der Waals surface area contributed by atoms with Crippen LogP contribution in [0.15, 0.2) is 77.6 Å². The summed E-state index contributed by atoms with van der Waals surface area (Å²) < 4.78 is 5.69. The molecule has 2 atom stereocenters. The molecule has 0 aromatic heterocycles. The van der Waals surface area contributed by atoms with E-state index < -0.39 is 6.04 Å². The van der Waals surface area contributed by atoms with Gasteiger partial charge in [0.2, 0.25) is 0 Å². The predicted molar refractivity (Wildman–Crippen MR) is 152 cm³/mol. The third kappa shape index (κ3) is 4.70.